The molecule has 64 heavy (non-hydrogen) atoms. The first-order valence-electron chi connectivity index (χ1n) is 21.7. The summed E-state index contributed by atoms with van der Waals surface area (Å²) in [6.07, 6.45) is 2.36. The van der Waals surface area contributed by atoms with Crippen molar-refractivity contribution in [2.75, 3.05) is 0 Å². The molecule has 8 aromatic rings. The van der Waals surface area contributed by atoms with E-state index in [1.165, 1.54) is 112 Å². The normalized spacial score (nSPS) is 9.97. The number of hydrogen-bond donors (Lipinski definition) is 0. The van der Waals surface area contributed by atoms with Gasteiger partial charge in [-0.1, -0.05) is 104 Å². The molecule has 8 aromatic carbocycles. The summed E-state index contributed by atoms with van der Waals surface area (Å²) in [6.45, 7) is 35.6. The van der Waals surface area contributed by atoms with Gasteiger partial charge in [-0.05, 0) is 38.5 Å². The summed E-state index contributed by atoms with van der Waals surface area (Å²) in [7, 11) is 0. The van der Waals surface area contributed by atoms with Crippen LogP contribution in [0.4, 0.5) is 0 Å². The molecular weight excluding hydrogens is 1050 g/mol. The van der Waals surface area contributed by atoms with Crippen LogP contribution in [0, 0.1) is 67.2 Å². The van der Waals surface area contributed by atoms with E-state index < -0.39 is 0 Å². The Kier molecular flexibility index (Phi) is 32.0. The van der Waals surface area contributed by atoms with Gasteiger partial charge in [-0.25, -0.2) is 0 Å². The van der Waals surface area contributed by atoms with Crippen LogP contribution in [0.25, 0.3) is 43.1 Å². The summed E-state index contributed by atoms with van der Waals surface area (Å²) >= 11 is 3.48. The van der Waals surface area contributed by atoms with Crippen molar-refractivity contribution in [3.8, 4) is 0 Å². The van der Waals surface area contributed by atoms with Gasteiger partial charge in [0.15, 0.2) is 0 Å². The van der Waals surface area contributed by atoms with Crippen molar-refractivity contribution < 1.29 is 46.7 Å². The number of benzene rings is 4. The van der Waals surface area contributed by atoms with E-state index in [4.69, 9.17) is 0 Å². The van der Waals surface area contributed by atoms with E-state index in [0.717, 1.165) is 11.8 Å². The van der Waals surface area contributed by atoms with E-state index in [2.05, 4.69) is 218 Å². The fraction of sp³-hybridized carbons (Fsp3) is 0.357. The summed E-state index contributed by atoms with van der Waals surface area (Å²) in [5.74, 6) is 1.48. The Morgan fingerprint density at radius 3 is 0.969 bits per heavy atom. The molecule has 8 rings (SSSR count). The van der Waals surface area contributed by atoms with E-state index in [0.29, 0.717) is 0 Å². The molecular formula is C56H76Cl4Si2Zr2. The third kappa shape index (κ3) is 22.2. The zero-order valence-electron chi connectivity index (χ0n) is 41.6. The van der Waals surface area contributed by atoms with Gasteiger partial charge in [-0.2, -0.15) is 24.3 Å². The summed E-state index contributed by atoms with van der Waals surface area (Å²) in [4.78, 5) is 0. The van der Waals surface area contributed by atoms with Gasteiger partial charge in [-0.3, -0.25) is 0 Å². The van der Waals surface area contributed by atoms with Crippen LogP contribution in [0.1, 0.15) is 83.3 Å². The SMILES string of the molecule is C[Si](C)=[Zr+2].C[Si](C)=[Zr+2].Cc1cc2c(C)ccc(C)c2[cH-]1.Cc1cc2c(C)ccc(C)c2[cH-]1.Cc1cc2cc(CC(C)C)ccc2[cH-]1.Cc1cc2cc(CC(C)C)ccc2[cH-]1.Cl.Cl.Cl.Cl. The Morgan fingerprint density at radius 1 is 0.406 bits per heavy atom. The Balaban J connectivity index is 0. The quantitative estimate of drug-likeness (QED) is 0.122. The molecule has 0 spiro atoms. The van der Waals surface area contributed by atoms with Crippen LogP contribution in [0.2, 0.25) is 26.2 Å². The maximum absolute atomic E-state index is 2.32. The predicted molar refractivity (Wildman–Crippen MR) is 297 cm³/mol. The van der Waals surface area contributed by atoms with Gasteiger partial charge >= 0.3 is 83.7 Å². The van der Waals surface area contributed by atoms with Crippen molar-refractivity contribution in [3.05, 3.63) is 165 Å². The molecule has 0 saturated heterocycles. The molecule has 0 fully saturated rings. The first kappa shape index (κ1) is 64.8. The molecule has 0 aliphatic heterocycles. The molecule has 0 saturated carbocycles. The van der Waals surface area contributed by atoms with Crippen molar-refractivity contribution in [1.82, 2.24) is 0 Å². The summed E-state index contributed by atoms with van der Waals surface area (Å²) in [5.41, 5.74) is 14.3. The van der Waals surface area contributed by atoms with Crippen molar-refractivity contribution in [1.29, 1.82) is 0 Å². The van der Waals surface area contributed by atoms with Gasteiger partial charge in [0.2, 0.25) is 0 Å². The number of fused-ring (bicyclic) bond motifs is 4. The molecule has 0 atom stereocenters. The molecule has 0 N–H and O–H groups in total. The fourth-order valence-electron chi connectivity index (χ4n) is 7.49. The van der Waals surface area contributed by atoms with Crippen LogP contribution in [0.15, 0.2) is 109 Å². The standard InChI is InChI=1S/2C14H17.2C12H13.2C2H6Si.4ClH.2Zr/c2*1-10(2)6-12-4-5-13-7-11(3)8-14(13)9-12;2*1-8-6-11-9(2)4-5-10(3)12(11)7-8;2*1-3-2;;;;;;/h2*4-5,7-10H,6H2,1-3H3;2*4-7H,1-3H3;2*1-2H3;4*1H;;/q4*-1;;;;;;;2*+2. The van der Waals surface area contributed by atoms with Crippen LogP contribution in [-0.2, 0) is 59.5 Å². The molecule has 0 unspecified atom stereocenters. The van der Waals surface area contributed by atoms with Crippen molar-refractivity contribution >= 4 is 104 Å². The Hall–Kier alpha value is -1.32. The van der Waals surface area contributed by atoms with Crippen LogP contribution >= 0.6 is 49.6 Å². The van der Waals surface area contributed by atoms with E-state index >= 15 is 0 Å². The Morgan fingerprint density at radius 2 is 0.688 bits per heavy atom. The van der Waals surface area contributed by atoms with Gasteiger partial charge < -0.3 is 0 Å². The second-order valence-electron chi connectivity index (χ2n) is 18.3. The van der Waals surface area contributed by atoms with Gasteiger partial charge in [0.25, 0.3) is 0 Å². The van der Waals surface area contributed by atoms with Gasteiger partial charge in [0, 0.05) is 0 Å². The van der Waals surface area contributed by atoms with Crippen LogP contribution in [-0.4, -0.2) is 10.9 Å². The zero-order chi connectivity index (χ0) is 44.8. The Bertz CT molecular complexity index is 2370. The van der Waals surface area contributed by atoms with Crippen molar-refractivity contribution in [2.24, 2.45) is 11.8 Å². The molecule has 0 aliphatic carbocycles. The van der Waals surface area contributed by atoms with Crippen LogP contribution in [0.5, 0.6) is 0 Å². The molecule has 0 aromatic heterocycles. The molecule has 0 radical (unpaired) electrons. The topological polar surface area (TPSA) is 0 Å². The molecule has 344 valence electrons. The smallest absolute Gasteiger partial charge is 0.0271 e. The minimum Gasteiger partial charge on any atom is -0.165 e. The molecule has 0 amide bonds. The Labute approximate surface area is 444 Å². The van der Waals surface area contributed by atoms with Gasteiger partial charge in [0.05, 0.1) is 0 Å². The maximum atomic E-state index is 2.32. The van der Waals surface area contributed by atoms with Crippen LogP contribution in [0.3, 0.4) is 0 Å². The van der Waals surface area contributed by atoms with Gasteiger partial charge in [-0.15, -0.1) is 199 Å². The van der Waals surface area contributed by atoms with Gasteiger partial charge in [0.1, 0.15) is 0 Å². The molecule has 0 aliphatic rings. The third-order valence-corrected chi connectivity index (χ3v) is 10.1. The van der Waals surface area contributed by atoms with E-state index in [9.17, 15) is 0 Å². The predicted octanol–water partition coefficient (Wildman–Crippen LogP) is 18.4. The number of halogens is 4. The second-order valence-corrected chi connectivity index (χ2v) is 37.1. The average molecular weight is 1130 g/mol. The summed E-state index contributed by atoms with van der Waals surface area (Å²) in [5, 5.41) is 11.2. The summed E-state index contributed by atoms with van der Waals surface area (Å²) in [6, 6.07) is 40.4. The van der Waals surface area contributed by atoms with Crippen molar-refractivity contribution in [2.45, 2.75) is 122 Å². The molecule has 8 heteroatoms. The molecule has 0 bridgehead atoms. The van der Waals surface area contributed by atoms with Crippen molar-refractivity contribution in [3.63, 3.8) is 0 Å². The van der Waals surface area contributed by atoms with E-state index in [-0.39, 0.29) is 60.5 Å². The van der Waals surface area contributed by atoms with E-state index in [1.54, 1.807) is 46.7 Å². The number of hydrogen-bond acceptors (Lipinski definition) is 0. The first-order valence-corrected chi connectivity index (χ1v) is 34.1. The molecule has 0 nitrogen and oxygen atoms in total. The van der Waals surface area contributed by atoms with E-state index in [1.807, 2.05) is 0 Å². The second kappa shape index (κ2) is 31.7. The third-order valence-electron chi connectivity index (χ3n) is 10.1. The number of aryl methyl sites for hydroxylation is 8. The maximum Gasteiger partial charge on any atom is -0.0271 e. The average Bonchev–Trinajstić information content (AvgIpc) is 3.92. The summed E-state index contributed by atoms with van der Waals surface area (Å²) < 4.78 is 0. The fourth-order valence-corrected chi connectivity index (χ4v) is 7.49. The minimum absolute atomic E-state index is 0. The number of rotatable bonds is 4. The minimum atomic E-state index is 0. The molecule has 0 heterocycles. The zero-order valence-corrected chi connectivity index (χ0v) is 51.8. The van der Waals surface area contributed by atoms with Crippen LogP contribution < -0.4 is 0 Å². The monoisotopic (exact) mass is 1120 g/mol. The largest absolute Gasteiger partial charge is 0.165 e. The first-order chi connectivity index (χ1) is 28.1.